The number of rotatable bonds is 5. The number of carbonyl (C=O) groups excluding carboxylic acids is 1. The zero-order valence-corrected chi connectivity index (χ0v) is 18.7. The standard InChI is InChI=1S/C23H20BrNO4S/c1-29-19-4-2-3-13-5-6-15(11-17(13)19)22(26)25-18-12-30-21(20(18)23(27)28)14-7-9-16(24)10-8-14/h2-4,7-10,12,15H,5-6,11H2,1H3,(H,25,26)(H,27,28). The van der Waals surface area contributed by atoms with Crippen LogP contribution < -0.4 is 10.1 Å². The van der Waals surface area contributed by atoms with Crippen molar-refractivity contribution in [1.82, 2.24) is 0 Å². The number of aromatic carboxylic acids is 1. The second-order valence-corrected chi connectivity index (χ2v) is 8.99. The molecule has 0 radical (unpaired) electrons. The lowest BCUT2D eigenvalue weighted by molar-refractivity contribution is -0.120. The molecular formula is C23H20BrNO4S. The molecule has 0 saturated carbocycles. The maximum atomic E-state index is 13.0. The maximum absolute atomic E-state index is 13.0. The van der Waals surface area contributed by atoms with Gasteiger partial charge in [-0.05, 0) is 54.2 Å². The zero-order chi connectivity index (χ0) is 21.3. The fourth-order valence-corrected chi connectivity index (χ4v) is 5.15. The molecule has 4 rings (SSSR count). The van der Waals surface area contributed by atoms with Gasteiger partial charge in [-0.3, -0.25) is 4.79 Å². The molecule has 1 unspecified atom stereocenters. The van der Waals surface area contributed by atoms with Crippen molar-refractivity contribution in [3.8, 4) is 16.2 Å². The Hall–Kier alpha value is -2.64. The molecule has 0 fully saturated rings. The van der Waals surface area contributed by atoms with Crippen LogP contribution in [0.1, 0.15) is 27.9 Å². The average Bonchev–Trinajstić information content (AvgIpc) is 3.17. The lowest BCUT2D eigenvalue weighted by Crippen LogP contribution is -2.28. The molecule has 0 bridgehead atoms. The van der Waals surface area contributed by atoms with Crippen LogP contribution in [0.2, 0.25) is 0 Å². The van der Waals surface area contributed by atoms with E-state index >= 15 is 0 Å². The summed E-state index contributed by atoms with van der Waals surface area (Å²) in [5, 5.41) is 14.4. The largest absolute Gasteiger partial charge is 0.496 e. The van der Waals surface area contributed by atoms with Crippen molar-refractivity contribution in [3.63, 3.8) is 0 Å². The molecule has 1 atom stereocenters. The molecule has 2 N–H and O–H groups in total. The lowest BCUT2D eigenvalue weighted by Gasteiger charge is -2.25. The smallest absolute Gasteiger partial charge is 0.339 e. The number of anilines is 1. The Morgan fingerprint density at radius 2 is 1.97 bits per heavy atom. The van der Waals surface area contributed by atoms with E-state index in [1.807, 2.05) is 36.4 Å². The second kappa shape index (κ2) is 8.62. The van der Waals surface area contributed by atoms with Crippen LogP contribution in [0.3, 0.4) is 0 Å². The number of nitrogens with one attached hydrogen (secondary N) is 1. The molecule has 0 saturated heterocycles. The van der Waals surface area contributed by atoms with Crippen molar-refractivity contribution >= 4 is 44.8 Å². The Balaban J connectivity index is 1.58. The first-order valence-corrected chi connectivity index (χ1v) is 11.2. The Morgan fingerprint density at radius 1 is 1.20 bits per heavy atom. The summed E-state index contributed by atoms with van der Waals surface area (Å²) in [4.78, 5) is 25.6. The van der Waals surface area contributed by atoms with E-state index in [0.717, 1.165) is 34.2 Å². The first-order chi connectivity index (χ1) is 14.5. The second-order valence-electron chi connectivity index (χ2n) is 7.19. The van der Waals surface area contributed by atoms with E-state index in [1.54, 1.807) is 12.5 Å². The van der Waals surface area contributed by atoms with Crippen molar-refractivity contribution < 1.29 is 19.4 Å². The molecule has 5 nitrogen and oxygen atoms in total. The third-order valence-electron chi connectivity index (χ3n) is 5.40. The summed E-state index contributed by atoms with van der Waals surface area (Å²) in [6.45, 7) is 0. The van der Waals surface area contributed by atoms with Crippen LogP contribution in [0.25, 0.3) is 10.4 Å². The Labute approximate surface area is 186 Å². The summed E-state index contributed by atoms with van der Waals surface area (Å²) >= 11 is 4.71. The molecule has 1 aliphatic carbocycles. The molecule has 7 heteroatoms. The van der Waals surface area contributed by atoms with E-state index in [-0.39, 0.29) is 17.4 Å². The van der Waals surface area contributed by atoms with E-state index in [0.29, 0.717) is 17.0 Å². The van der Waals surface area contributed by atoms with Gasteiger partial charge in [0, 0.05) is 15.8 Å². The van der Waals surface area contributed by atoms with Gasteiger partial charge in [-0.2, -0.15) is 0 Å². The van der Waals surface area contributed by atoms with Gasteiger partial charge in [0.2, 0.25) is 5.91 Å². The van der Waals surface area contributed by atoms with Crippen LogP contribution in [-0.4, -0.2) is 24.1 Å². The monoisotopic (exact) mass is 485 g/mol. The topological polar surface area (TPSA) is 75.6 Å². The van der Waals surface area contributed by atoms with Crippen molar-refractivity contribution in [3.05, 3.63) is 69.0 Å². The number of hydrogen-bond donors (Lipinski definition) is 2. The minimum Gasteiger partial charge on any atom is -0.496 e. The van der Waals surface area contributed by atoms with Crippen LogP contribution in [0.15, 0.2) is 52.3 Å². The highest BCUT2D eigenvalue weighted by Crippen LogP contribution is 2.38. The van der Waals surface area contributed by atoms with Crippen molar-refractivity contribution in [2.24, 2.45) is 5.92 Å². The molecule has 0 spiro atoms. The van der Waals surface area contributed by atoms with Gasteiger partial charge in [-0.25, -0.2) is 4.79 Å². The van der Waals surface area contributed by atoms with Gasteiger partial charge in [-0.1, -0.05) is 40.2 Å². The van der Waals surface area contributed by atoms with E-state index < -0.39 is 5.97 Å². The normalized spacial score (nSPS) is 15.3. The number of benzene rings is 2. The summed E-state index contributed by atoms with van der Waals surface area (Å²) in [7, 11) is 1.63. The molecule has 30 heavy (non-hydrogen) atoms. The Morgan fingerprint density at radius 3 is 2.67 bits per heavy atom. The van der Waals surface area contributed by atoms with E-state index in [2.05, 4.69) is 27.3 Å². The first-order valence-electron chi connectivity index (χ1n) is 9.54. The fourth-order valence-electron chi connectivity index (χ4n) is 3.88. The minimum atomic E-state index is -1.06. The van der Waals surface area contributed by atoms with Crippen molar-refractivity contribution in [2.45, 2.75) is 19.3 Å². The minimum absolute atomic E-state index is 0.129. The summed E-state index contributed by atoms with van der Waals surface area (Å²) in [5.74, 6) is -0.648. The number of aryl methyl sites for hydroxylation is 1. The number of carboxylic acids is 1. The Bertz CT molecular complexity index is 1090. The Kier molecular flexibility index (Phi) is 5.92. The highest BCUT2D eigenvalue weighted by Gasteiger charge is 2.29. The SMILES string of the molecule is COc1cccc2c1CC(C(=O)Nc1csc(-c3ccc(Br)cc3)c1C(=O)O)CC2. The summed E-state index contributed by atoms with van der Waals surface area (Å²) < 4.78 is 6.38. The molecular weight excluding hydrogens is 466 g/mol. The predicted octanol–water partition coefficient (Wildman–Crippen LogP) is 5.63. The number of carboxylic acid groups (broad SMARTS) is 1. The van der Waals surface area contributed by atoms with E-state index in [9.17, 15) is 14.7 Å². The van der Waals surface area contributed by atoms with Crippen LogP contribution >= 0.6 is 27.3 Å². The quantitative estimate of drug-likeness (QED) is 0.491. The number of fused-ring (bicyclic) bond motifs is 1. The van der Waals surface area contributed by atoms with Gasteiger partial charge in [0.1, 0.15) is 11.3 Å². The molecule has 3 aromatic rings. The highest BCUT2D eigenvalue weighted by molar-refractivity contribution is 9.10. The van der Waals surface area contributed by atoms with Gasteiger partial charge in [0.05, 0.1) is 17.7 Å². The molecule has 2 aromatic carbocycles. The molecule has 1 aromatic heterocycles. The van der Waals surface area contributed by atoms with Crippen LogP contribution in [0.4, 0.5) is 5.69 Å². The van der Waals surface area contributed by atoms with Crippen LogP contribution in [-0.2, 0) is 17.6 Å². The number of thiophene rings is 1. The summed E-state index contributed by atoms with van der Waals surface area (Å²) in [6.07, 6.45) is 2.10. The molecule has 1 amide bonds. The lowest BCUT2D eigenvalue weighted by atomic mass is 9.83. The summed E-state index contributed by atoms with van der Waals surface area (Å²) in [6, 6.07) is 13.4. The first kappa shape index (κ1) is 20.6. The van der Waals surface area contributed by atoms with Gasteiger partial charge < -0.3 is 15.2 Å². The third-order valence-corrected chi connectivity index (χ3v) is 6.96. The maximum Gasteiger partial charge on any atom is 0.339 e. The number of amides is 1. The average molecular weight is 486 g/mol. The van der Waals surface area contributed by atoms with Crippen LogP contribution in [0.5, 0.6) is 5.75 Å². The molecule has 1 aliphatic rings. The van der Waals surface area contributed by atoms with Gasteiger partial charge in [-0.15, -0.1) is 11.3 Å². The molecule has 154 valence electrons. The van der Waals surface area contributed by atoms with Crippen molar-refractivity contribution in [1.29, 1.82) is 0 Å². The predicted molar refractivity (Wildman–Crippen MR) is 122 cm³/mol. The number of halogens is 1. The van der Waals surface area contributed by atoms with Gasteiger partial charge in [0.25, 0.3) is 0 Å². The number of methoxy groups -OCH3 is 1. The third kappa shape index (κ3) is 4.00. The zero-order valence-electron chi connectivity index (χ0n) is 16.3. The number of hydrogen-bond acceptors (Lipinski definition) is 4. The molecule has 1 heterocycles. The summed E-state index contributed by atoms with van der Waals surface area (Å²) in [5.41, 5.74) is 3.55. The molecule has 0 aliphatic heterocycles. The van der Waals surface area contributed by atoms with Crippen molar-refractivity contribution in [2.75, 3.05) is 12.4 Å². The number of ether oxygens (including phenoxy) is 1. The van der Waals surface area contributed by atoms with E-state index in [1.165, 1.54) is 16.9 Å². The van der Waals surface area contributed by atoms with Gasteiger partial charge in [0.15, 0.2) is 0 Å². The fraction of sp³-hybridized carbons (Fsp3) is 0.217. The van der Waals surface area contributed by atoms with Gasteiger partial charge >= 0.3 is 5.97 Å². The number of carbonyl (C=O) groups is 2. The van der Waals surface area contributed by atoms with Crippen LogP contribution in [0, 0.1) is 5.92 Å². The highest BCUT2D eigenvalue weighted by atomic mass is 79.9. The van der Waals surface area contributed by atoms with E-state index in [4.69, 9.17) is 4.74 Å².